The van der Waals surface area contributed by atoms with Crippen LogP contribution >= 0.6 is 0 Å². The summed E-state index contributed by atoms with van der Waals surface area (Å²) in [5.74, 6) is 0. The number of hydrogen-bond donors (Lipinski definition) is 0. The van der Waals surface area contributed by atoms with E-state index in [1.54, 1.807) is 0 Å². The quantitative estimate of drug-likeness (QED) is 0.845. The maximum Gasteiger partial charge on any atom is 0.0677 e. The van der Waals surface area contributed by atoms with Crippen LogP contribution < -0.4 is 0 Å². The second-order valence-electron chi connectivity index (χ2n) is 5.64. The van der Waals surface area contributed by atoms with Gasteiger partial charge in [0.1, 0.15) is 0 Å². The lowest BCUT2D eigenvalue weighted by Crippen LogP contribution is -2.36. The summed E-state index contributed by atoms with van der Waals surface area (Å²) in [6.45, 7) is 7.19. The molecule has 112 valence electrons. The first-order chi connectivity index (χ1) is 10.3. The summed E-state index contributed by atoms with van der Waals surface area (Å²) >= 11 is 0. The fraction of sp³-hybridized carbons (Fsp3) is 0.471. The van der Waals surface area contributed by atoms with Gasteiger partial charge >= 0.3 is 0 Å². The summed E-state index contributed by atoms with van der Waals surface area (Å²) in [6.07, 6.45) is 6.11. The van der Waals surface area contributed by atoms with Crippen LogP contribution in [-0.4, -0.2) is 47.5 Å². The summed E-state index contributed by atoms with van der Waals surface area (Å²) in [6, 6.07) is 8.59. The second-order valence-corrected chi connectivity index (χ2v) is 5.64. The molecule has 1 fully saturated rings. The van der Waals surface area contributed by atoms with Crippen molar-refractivity contribution < 1.29 is 4.74 Å². The Labute approximate surface area is 126 Å². The van der Waals surface area contributed by atoms with Crippen molar-refractivity contribution in [3.05, 3.63) is 47.8 Å². The molecule has 1 aromatic heterocycles. The number of aromatic nitrogens is 2. The highest BCUT2D eigenvalue weighted by molar-refractivity contribution is 5.42. The fourth-order valence-corrected chi connectivity index (χ4v) is 2.87. The van der Waals surface area contributed by atoms with Crippen LogP contribution in [-0.2, 0) is 11.2 Å². The predicted molar refractivity (Wildman–Crippen MR) is 83.9 cm³/mol. The van der Waals surface area contributed by atoms with Crippen molar-refractivity contribution in [1.29, 1.82) is 0 Å². The highest BCUT2D eigenvalue weighted by atomic mass is 16.5. The first kappa shape index (κ1) is 14.3. The van der Waals surface area contributed by atoms with Gasteiger partial charge in [0.2, 0.25) is 0 Å². The molecule has 0 saturated carbocycles. The maximum absolute atomic E-state index is 5.39. The summed E-state index contributed by atoms with van der Waals surface area (Å²) in [5, 5.41) is 4.36. The van der Waals surface area contributed by atoms with Gasteiger partial charge in [-0.1, -0.05) is 17.7 Å². The van der Waals surface area contributed by atoms with Gasteiger partial charge in [-0.2, -0.15) is 5.10 Å². The third-order valence-electron chi connectivity index (χ3n) is 4.01. The van der Waals surface area contributed by atoms with Gasteiger partial charge in [-0.3, -0.25) is 4.90 Å². The van der Waals surface area contributed by atoms with Gasteiger partial charge in [0, 0.05) is 25.5 Å². The Hall–Kier alpha value is -1.65. The molecular weight excluding hydrogens is 262 g/mol. The van der Waals surface area contributed by atoms with Crippen molar-refractivity contribution in [1.82, 2.24) is 14.7 Å². The first-order valence-electron chi connectivity index (χ1n) is 7.72. The van der Waals surface area contributed by atoms with Crippen LogP contribution in [0.15, 0.2) is 36.7 Å². The summed E-state index contributed by atoms with van der Waals surface area (Å²) in [7, 11) is 0. The average Bonchev–Trinajstić information content (AvgIpc) is 3.03. The van der Waals surface area contributed by atoms with Gasteiger partial charge in [-0.15, -0.1) is 0 Å². The molecule has 0 bridgehead atoms. The van der Waals surface area contributed by atoms with Crippen LogP contribution in [0.3, 0.4) is 0 Å². The molecule has 0 N–H and O–H groups in total. The molecule has 2 aromatic rings. The minimum atomic E-state index is 0.878. The highest BCUT2D eigenvalue weighted by Gasteiger charge is 2.11. The number of hydrogen-bond acceptors (Lipinski definition) is 3. The molecule has 1 aliphatic rings. The molecule has 4 nitrogen and oxygen atoms in total. The van der Waals surface area contributed by atoms with Gasteiger partial charge in [0.15, 0.2) is 0 Å². The average molecular weight is 285 g/mol. The van der Waals surface area contributed by atoms with Crippen molar-refractivity contribution in [2.45, 2.75) is 19.8 Å². The van der Waals surface area contributed by atoms with Crippen molar-refractivity contribution in [3.8, 4) is 5.69 Å². The van der Waals surface area contributed by atoms with Crippen LogP contribution in [0.5, 0.6) is 0 Å². The Morgan fingerprint density at radius 3 is 2.86 bits per heavy atom. The van der Waals surface area contributed by atoms with E-state index in [0.717, 1.165) is 39.3 Å². The number of benzene rings is 1. The second kappa shape index (κ2) is 6.87. The van der Waals surface area contributed by atoms with Gasteiger partial charge in [0.05, 0.1) is 18.9 Å². The van der Waals surface area contributed by atoms with Crippen LogP contribution in [0.4, 0.5) is 0 Å². The molecule has 0 spiro atoms. The Morgan fingerprint density at radius 1 is 1.24 bits per heavy atom. The topological polar surface area (TPSA) is 30.3 Å². The van der Waals surface area contributed by atoms with E-state index < -0.39 is 0 Å². The zero-order valence-electron chi connectivity index (χ0n) is 12.7. The van der Waals surface area contributed by atoms with Gasteiger partial charge in [-0.25, -0.2) is 4.68 Å². The molecular formula is C17H23N3O. The molecule has 4 heteroatoms. The molecule has 1 aliphatic heterocycles. The minimum Gasteiger partial charge on any atom is -0.379 e. The lowest BCUT2D eigenvalue weighted by Gasteiger charge is -2.26. The summed E-state index contributed by atoms with van der Waals surface area (Å²) in [4.78, 5) is 2.49. The SMILES string of the molecule is Cc1ccc(-n2cccn2)c(CCCN2CCOCC2)c1. The van der Waals surface area contributed by atoms with Crippen molar-refractivity contribution in [3.63, 3.8) is 0 Å². The predicted octanol–water partition coefficient (Wildman–Crippen LogP) is 2.45. The normalized spacial score (nSPS) is 16.2. The van der Waals surface area contributed by atoms with Gasteiger partial charge in [0.25, 0.3) is 0 Å². The number of nitrogens with zero attached hydrogens (tertiary/aromatic N) is 3. The molecule has 0 radical (unpaired) electrons. The van der Waals surface area contributed by atoms with Crippen LogP contribution in [0.2, 0.25) is 0 Å². The molecule has 1 saturated heterocycles. The number of aryl methyl sites for hydroxylation is 2. The van der Waals surface area contributed by atoms with E-state index in [-0.39, 0.29) is 0 Å². The molecule has 3 rings (SSSR count). The molecule has 21 heavy (non-hydrogen) atoms. The zero-order valence-corrected chi connectivity index (χ0v) is 12.7. The Morgan fingerprint density at radius 2 is 2.10 bits per heavy atom. The van der Waals surface area contributed by atoms with E-state index >= 15 is 0 Å². The number of ether oxygens (including phenoxy) is 1. The third-order valence-corrected chi connectivity index (χ3v) is 4.01. The van der Waals surface area contributed by atoms with Crippen molar-refractivity contribution in [2.75, 3.05) is 32.8 Å². The lowest BCUT2D eigenvalue weighted by molar-refractivity contribution is 0.0374. The lowest BCUT2D eigenvalue weighted by atomic mass is 10.0. The van der Waals surface area contributed by atoms with Crippen LogP contribution in [0, 0.1) is 6.92 Å². The molecule has 0 amide bonds. The minimum absolute atomic E-state index is 0.878. The maximum atomic E-state index is 5.39. The van der Waals surface area contributed by atoms with Crippen molar-refractivity contribution in [2.24, 2.45) is 0 Å². The number of rotatable bonds is 5. The Kier molecular flexibility index (Phi) is 4.68. The molecule has 0 atom stereocenters. The summed E-state index contributed by atoms with van der Waals surface area (Å²) in [5.41, 5.74) is 3.90. The Bertz CT molecular complexity index is 559. The van der Waals surface area contributed by atoms with E-state index in [0.29, 0.717) is 0 Å². The summed E-state index contributed by atoms with van der Waals surface area (Å²) < 4.78 is 7.36. The first-order valence-corrected chi connectivity index (χ1v) is 7.72. The van der Waals surface area contributed by atoms with E-state index in [4.69, 9.17) is 4.74 Å². The van der Waals surface area contributed by atoms with E-state index in [9.17, 15) is 0 Å². The van der Waals surface area contributed by atoms with Crippen LogP contribution in [0.1, 0.15) is 17.5 Å². The molecule has 0 unspecified atom stereocenters. The molecule has 2 heterocycles. The van der Waals surface area contributed by atoms with E-state index in [2.05, 4.69) is 35.1 Å². The van der Waals surface area contributed by atoms with Crippen molar-refractivity contribution >= 4 is 0 Å². The Balaban J connectivity index is 1.65. The van der Waals surface area contributed by atoms with E-state index in [1.165, 1.54) is 23.2 Å². The smallest absolute Gasteiger partial charge is 0.0677 e. The highest BCUT2D eigenvalue weighted by Crippen LogP contribution is 2.18. The molecule has 1 aromatic carbocycles. The van der Waals surface area contributed by atoms with Gasteiger partial charge < -0.3 is 4.74 Å². The van der Waals surface area contributed by atoms with E-state index in [1.807, 2.05) is 23.1 Å². The van der Waals surface area contributed by atoms with Gasteiger partial charge in [-0.05, 0) is 44.0 Å². The fourth-order valence-electron chi connectivity index (χ4n) is 2.87. The number of morpholine rings is 1. The standard InChI is InChI=1S/C17H23N3O/c1-15-5-6-17(20-9-3-7-18-20)16(14-15)4-2-8-19-10-12-21-13-11-19/h3,5-7,9,14H,2,4,8,10-13H2,1H3. The molecule has 0 aliphatic carbocycles. The monoisotopic (exact) mass is 285 g/mol. The van der Waals surface area contributed by atoms with Crippen LogP contribution in [0.25, 0.3) is 5.69 Å². The largest absolute Gasteiger partial charge is 0.379 e. The zero-order chi connectivity index (χ0) is 14.5. The third kappa shape index (κ3) is 3.71.